The Hall–Kier alpha value is -2.10. The Bertz CT molecular complexity index is 1110. The maximum atomic E-state index is 13.2. The first-order valence-corrected chi connectivity index (χ1v) is 13.3. The molecular formula is C22H28Cl2N4O4S. The van der Waals surface area contributed by atoms with Crippen molar-refractivity contribution in [2.75, 3.05) is 25.4 Å². The average Bonchev–Trinajstić information content (AvgIpc) is 3.32. The van der Waals surface area contributed by atoms with Crippen LogP contribution in [0, 0.1) is 6.92 Å². The summed E-state index contributed by atoms with van der Waals surface area (Å²) >= 11 is 12.5. The molecule has 2 heterocycles. The fourth-order valence-electron chi connectivity index (χ4n) is 3.82. The Morgan fingerprint density at radius 2 is 1.94 bits per heavy atom. The standard InChI is InChI=1S/C22H28Cl2N4O4S/c1-3-13-33(31,32)28(12-6-11-26-10-5-9-21(26)29)22(30)20-14-16(2)27(25-20)15-17-18(23)7-4-8-19(17)24/h4,7-8,14H,3,5-6,9-13,15H2,1-2H3. The summed E-state index contributed by atoms with van der Waals surface area (Å²) in [6, 6.07) is 6.74. The molecule has 2 aromatic rings. The maximum Gasteiger partial charge on any atom is 0.287 e. The van der Waals surface area contributed by atoms with Gasteiger partial charge in [0.25, 0.3) is 5.91 Å². The van der Waals surface area contributed by atoms with Gasteiger partial charge < -0.3 is 4.90 Å². The first kappa shape index (κ1) is 25.5. The molecule has 1 aliphatic rings. The molecule has 2 amide bonds. The summed E-state index contributed by atoms with van der Waals surface area (Å²) in [6.07, 6.45) is 2.08. The van der Waals surface area contributed by atoms with E-state index in [0.29, 0.717) is 53.7 Å². The molecule has 11 heteroatoms. The highest BCUT2D eigenvalue weighted by atomic mass is 35.5. The zero-order valence-electron chi connectivity index (χ0n) is 18.8. The topological polar surface area (TPSA) is 92.6 Å². The average molecular weight is 515 g/mol. The molecule has 1 aromatic carbocycles. The van der Waals surface area contributed by atoms with Crippen molar-refractivity contribution in [2.24, 2.45) is 0 Å². The summed E-state index contributed by atoms with van der Waals surface area (Å²) in [6.45, 7) is 4.85. The van der Waals surface area contributed by atoms with Gasteiger partial charge in [-0.2, -0.15) is 5.10 Å². The molecular weight excluding hydrogens is 487 g/mol. The molecule has 1 aromatic heterocycles. The van der Waals surface area contributed by atoms with Crippen LogP contribution in [0.1, 0.15) is 54.4 Å². The summed E-state index contributed by atoms with van der Waals surface area (Å²) in [5.41, 5.74) is 1.37. The molecule has 0 N–H and O–H groups in total. The van der Waals surface area contributed by atoms with Crippen molar-refractivity contribution in [1.82, 2.24) is 19.0 Å². The number of benzene rings is 1. The van der Waals surface area contributed by atoms with Gasteiger partial charge in [-0.25, -0.2) is 12.7 Å². The van der Waals surface area contributed by atoms with Crippen LogP contribution in [0.15, 0.2) is 24.3 Å². The van der Waals surface area contributed by atoms with Gasteiger partial charge in [0.1, 0.15) is 0 Å². The van der Waals surface area contributed by atoms with E-state index < -0.39 is 15.9 Å². The van der Waals surface area contributed by atoms with Crippen molar-refractivity contribution in [1.29, 1.82) is 0 Å². The van der Waals surface area contributed by atoms with Crippen LogP contribution in [0.2, 0.25) is 10.0 Å². The van der Waals surface area contributed by atoms with Gasteiger partial charge in [-0.15, -0.1) is 0 Å². The highest BCUT2D eigenvalue weighted by Gasteiger charge is 2.30. The number of amides is 2. The van der Waals surface area contributed by atoms with E-state index in [2.05, 4.69) is 5.10 Å². The van der Waals surface area contributed by atoms with Crippen LogP contribution in [-0.4, -0.2) is 64.6 Å². The fraction of sp³-hybridized carbons (Fsp3) is 0.500. The number of likely N-dealkylation sites (tertiary alicyclic amines) is 1. The highest BCUT2D eigenvalue weighted by molar-refractivity contribution is 7.89. The van der Waals surface area contributed by atoms with Gasteiger partial charge >= 0.3 is 0 Å². The van der Waals surface area contributed by atoms with E-state index in [1.807, 2.05) is 0 Å². The highest BCUT2D eigenvalue weighted by Crippen LogP contribution is 2.25. The van der Waals surface area contributed by atoms with E-state index >= 15 is 0 Å². The second-order valence-electron chi connectivity index (χ2n) is 8.06. The molecule has 0 radical (unpaired) electrons. The summed E-state index contributed by atoms with van der Waals surface area (Å²) < 4.78 is 28.2. The largest absolute Gasteiger partial charge is 0.343 e. The molecule has 0 spiro atoms. The number of aryl methyl sites for hydroxylation is 1. The zero-order chi connectivity index (χ0) is 24.2. The van der Waals surface area contributed by atoms with E-state index in [4.69, 9.17) is 23.2 Å². The minimum absolute atomic E-state index is 0.00675. The Balaban J connectivity index is 1.80. The number of carbonyl (C=O) groups is 2. The first-order chi connectivity index (χ1) is 15.6. The summed E-state index contributed by atoms with van der Waals surface area (Å²) in [4.78, 5) is 26.8. The number of nitrogens with zero attached hydrogens (tertiary/aromatic N) is 4. The lowest BCUT2D eigenvalue weighted by molar-refractivity contribution is -0.127. The van der Waals surface area contributed by atoms with Crippen LogP contribution < -0.4 is 0 Å². The van der Waals surface area contributed by atoms with E-state index in [1.165, 1.54) is 0 Å². The first-order valence-electron chi connectivity index (χ1n) is 10.9. The molecule has 0 atom stereocenters. The zero-order valence-corrected chi connectivity index (χ0v) is 21.1. The van der Waals surface area contributed by atoms with Gasteiger partial charge in [-0.1, -0.05) is 36.2 Å². The molecule has 0 saturated carbocycles. The number of halogens is 2. The predicted molar refractivity (Wildman–Crippen MR) is 128 cm³/mol. The number of sulfonamides is 1. The Morgan fingerprint density at radius 3 is 2.55 bits per heavy atom. The molecule has 33 heavy (non-hydrogen) atoms. The summed E-state index contributed by atoms with van der Waals surface area (Å²) in [5, 5.41) is 5.32. The van der Waals surface area contributed by atoms with E-state index in [9.17, 15) is 18.0 Å². The van der Waals surface area contributed by atoms with Crippen molar-refractivity contribution in [2.45, 2.75) is 46.1 Å². The second kappa shape index (κ2) is 10.9. The fourth-order valence-corrected chi connectivity index (χ4v) is 5.82. The molecule has 180 valence electrons. The van der Waals surface area contributed by atoms with Crippen molar-refractivity contribution >= 4 is 45.0 Å². The number of hydrogen-bond acceptors (Lipinski definition) is 5. The lowest BCUT2D eigenvalue weighted by atomic mass is 10.2. The Kier molecular flexibility index (Phi) is 8.42. The van der Waals surface area contributed by atoms with Crippen LogP contribution in [0.4, 0.5) is 0 Å². The maximum absolute atomic E-state index is 13.2. The minimum atomic E-state index is -3.82. The summed E-state index contributed by atoms with van der Waals surface area (Å²) in [7, 11) is -3.82. The lowest BCUT2D eigenvalue weighted by Crippen LogP contribution is -2.40. The van der Waals surface area contributed by atoms with Gasteiger partial charge in [-0.05, 0) is 44.4 Å². The molecule has 0 bridgehead atoms. The number of hydrogen-bond donors (Lipinski definition) is 0. The van der Waals surface area contributed by atoms with Crippen LogP contribution in [-0.2, 0) is 21.4 Å². The molecule has 0 aliphatic carbocycles. The third kappa shape index (κ3) is 6.07. The van der Waals surface area contributed by atoms with E-state index in [1.54, 1.807) is 47.7 Å². The van der Waals surface area contributed by atoms with Gasteiger partial charge in [0.15, 0.2) is 5.69 Å². The third-order valence-electron chi connectivity index (χ3n) is 5.55. The Morgan fingerprint density at radius 1 is 1.24 bits per heavy atom. The van der Waals surface area contributed by atoms with Crippen LogP contribution >= 0.6 is 23.2 Å². The normalized spacial score (nSPS) is 14.2. The molecule has 0 unspecified atom stereocenters. The van der Waals surface area contributed by atoms with Gasteiger partial charge in [0.05, 0.1) is 12.3 Å². The Labute approximate surface area is 204 Å². The monoisotopic (exact) mass is 514 g/mol. The van der Waals surface area contributed by atoms with E-state index in [0.717, 1.165) is 10.7 Å². The van der Waals surface area contributed by atoms with E-state index in [-0.39, 0.29) is 30.4 Å². The van der Waals surface area contributed by atoms with Crippen LogP contribution in [0.3, 0.4) is 0 Å². The second-order valence-corrected chi connectivity index (χ2v) is 10.9. The van der Waals surface area contributed by atoms with Crippen LogP contribution in [0.5, 0.6) is 0 Å². The molecule has 1 saturated heterocycles. The van der Waals surface area contributed by atoms with Crippen molar-refractivity contribution < 1.29 is 18.0 Å². The molecule has 3 rings (SSSR count). The molecule has 8 nitrogen and oxygen atoms in total. The van der Waals surface area contributed by atoms with Crippen molar-refractivity contribution in [3.63, 3.8) is 0 Å². The SMILES string of the molecule is CCCS(=O)(=O)N(CCCN1CCCC1=O)C(=O)c1cc(C)n(Cc2c(Cl)cccc2Cl)n1. The van der Waals surface area contributed by atoms with Gasteiger partial charge in [0.2, 0.25) is 15.9 Å². The smallest absolute Gasteiger partial charge is 0.287 e. The number of aromatic nitrogens is 2. The van der Waals surface area contributed by atoms with Gasteiger partial charge in [-0.3, -0.25) is 14.3 Å². The predicted octanol–water partition coefficient (Wildman–Crippen LogP) is 3.74. The van der Waals surface area contributed by atoms with Crippen molar-refractivity contribution in [3.8, 4) is 0 Å². The molecule has 1 aliphatic heterocycles. The van der Waals surface area contributed by atoms with Crippen LogP contribution in [0.25, 0.3) is 0 Å². The number of carbonyl (C=O) groups excluding carboxylic acids is 2. The van der Waals surface area contributed by atoms with Crippen molar-refractivity contribution in [3.05, 3.63) is 51.3 Å². The van der Waals surface area contributed by atoms with Gasteiger partial charge in [0, 0.05) is 47.4 Å². The number of rotatable bonds is 10. The minimum Gasteiger partial charge on any atom is -0.343 e. The lowest BCUT2D eigenvalue weighted by Gasteiger charge is -2.23. The quantitative estimate of drug-likeness (QED) is 0.481. The third-order valence-corrected chi connectivity index (χ3v) is 8.21. The molecule has 1 fully saturated rings. The summed E-state index contributed by atoms with van der Waals surface area (Å²) in [5.74, 6) is -0.753.